The summed E-state index contributed by atoms with van der Waals surface area (Å²) in [5.41, 5.74) is -0.520. The average Bonchev–Trinajstić information content (AvgIpc) is 2.86. The average molecular weight is 296 g/mol. The molecule has 2 aliphatic heterocycles. The number of hydrogen-bond acceptors (Lipinski definition) is 3. The highest BCUT2D eigenvalue weighted by Gasteiger charge is 2.39. The smallest absolute Gasteiger partial charge is 0.410 e. The van der Waals surface area contributed by atoms with Gasteiger partial charge in [0.05, 0.1) is 0 Å². The van der Waals surface area contributed by atoms with E-state index in [1.807, 2.05) is 25.7 Å². The van der Waals surface area contributed by atoms with Gasteiger partial charge in [-0.2, -0.15) is 0 Å². The zero-order valence-electron chi connectivity index (χ0n) is 13.7. The molecule has 5 nitrogen and oxygen atoms in total. The molecule has 0 N–H and O–H groups in total. The second-order valence-corrected chi connectivity index (χ2v) is 7.34. The number of ether oxygens (including phenoxy) is 1. The number of likely N-dealkylation sites (tertiary alicyclic amines) is 2. The molecule has 2 rings (SSSR count). The minimum Gasteiger partial charge on any atom is -0.444 e. The summed E-state index contributed by atoms with van der Waals surface area (Å²) in [6, 6.07) is -0.326. The molecule has 21 heavy (non-hydrogen) atoms. The fourth-order valence-corrected chi connectivity index (χ4v) is 3.00. The van der Waals surface area contributed by atoms with E-state index in [0.29, 0.717) is 12.5 Å². The Kier molecular flexibility index (Phi) is 4.79. The van der Waals surface area contributed by atoms with Crippen molar-refractivity contribution in [3.63, 3.8) is 0 Å². The van der Waals surface area contributed by atoms with Crippen LogP contribution in [0.25, 0.3) is 0 Å². The molecule has 2 saturated heterocycles. The molecule has 5 heteroatoms. The summed E-state index contributed by atoms with van der Waals surface area (Å²) in [7, 11) is 0. The van der Waals surface area contributed by atoms with Gasteiger partial charge in [-0.25, -0.2) is 4.79 Å². The predicted octanol–water partition coefficient (Wildman–Crippen LogP) is 2.64. The number of amides is 2. The van der Waals surface area contributed by atoms with Crippen LogP contribution in [0.3, 0.4) is 0 Å². The van der Waals surface area contributed by atoms with Crippen LogP contribution in [0.4, 0.5) is 4.79 Å². The number of carbonyl (C=O) groups is 2. The molecular formula is C16H28N2O3. The Morgan fingerprint density at radius 1 is 1.05 bits per heavy atom. The Labute approximate surface area is 127 Å². The van der Waals surface area contributed by atoms with Crippen LogP contribution in [0, 0.1) is 5.92 Å². The van der Waals surface area contributed by atoms with Crippen molar-refractivity contribution in [2.24, 2.45) is 5.92 Å². The first-order valence-electron chi connectivity index (χ1n) is 8.06. The van der Waals surface area contributed by atoms with E-state index in [-0.39, 0.29) is 18.0 Å². The molecule has 0 aliphatic carbocycles. The Morgan fingerprint density at radius 2 is 1.67 bits per heavy atom. The van der Waals surface area contributed by atoms with Gasteiger partial charge in [-0.15, -0.1) is 0 Å². The fraction of sp³-hybridized carbons (Fsp3) is 0.875. The van der Waals surface area contributed by atoms with Crippen molar-refractivity contribution in [2.75, 3.05) is 19.6 Å². The summed E-state index contributed by atoms with van der Waals surface area (Å²) < 4.78 is 5.42. The third-order valence-electron chi connectivity index (χ3n) is 4.26. The van der Waals surface area contributed by atoms with Crippen LogP contribution in [-0.4, -0.2) is 53.1 Å². The number of hydrogen-bond donors (Lipinski definition) is 0. The molecular weight excluding hydrogens is 268 g/mol. The summed E-state index contributed by atoms with van der Waals surface area (Å²) in [6.07, 6.45) is 3.39. The third-order valence-corrected chi connectivity index (χ3v) is 4.26. The first-order valence-corrected chi connectivity index (χ1v) is 8.06. The second kappa shape index (κ2) is 6.24. The molecule has 0 aromatic heterocycles. The molecule has 2 fully saturated rings. The van der Waals surface area contributed by atoms with Crippen molar-refractivity contribution in [3.8, 4) is 0 Å². The zero-order chi connectivity index (χ0) is 15.6. The van der Waals surface area contributed by atoms with Gasteiger partial charge in [0.15, 0.2) is 0 Å². The molecule has 2 amide bonds. The van der Waals surface area contributed by atoms with E-state index in [9.17, 15) is 9.59 Å². The van der Waals surface area contributed by atoms with E-state index < -0.39 is 5.60 Å². The van der Waals surface area contributed by atoms with Crippen LogP contribution >= 0.6 is 0 Å². The molecule has 0 bridgehead atoms. The number of piperidine rings is 1. The van der Waals surface area contributed by atoms with Crippen LogP contribution in [-0.2, 0) is 9.53 Å². The van der Waals surface area contributed by atoms with Gasteiger partial charge >= 0.3 is 6.09 Å². The van der Waals surface area contributed by atoms with Crippen molar-refractivity contribution in [3.05, 3.63) is 0 Å². The molecule has 1 atom stereocenters. The molecule has 2 aliphatic rings. The lowest BCUT2D eigenvalue weighted by Crippen LogP contribution is -2.50. The summed E-state index contributed by atoms with van der Waals surface area (Å²) in [5.74, 6) is 0.796. The highest BCUT2D eigenvalue weighted by atomic mass is 16.6. The first kappa shape index (κ1) is 16.1. The Morgan fingerprint density at radius 3 is 2.24 bits per heavy atom. The van der Waals surface area contributed by atoms with E-state index in [1.165, 1.54) is 0 Å². The molecule has 2 heterocycles. The number of rotatable bonds is 1. The van der Waals surface area contributed by atoms with Crippen LogP contribution in [0.5, 0.6) is 0 Å². The van der Waals surface area contributed by atoms with Gasteiger partial charge < -0.3 is 9.64 Å². The van der Waals surface area contributed by atoms with Gasteiger partial charge in [0.25, 0.3) is 0 Å². The van der Waals surface area contributed by atoms with Crippen LogP contribution < -0.4 is 0 Å². The summed E-state index contributed by atoms with van der Waals surface area (Å²) in [6.45, 7) is 10.0. The minimum absolute atomic E-state index is 0.102. The van der Waals surface area contributed by atoms with Gasteiger partial charge in [-0.3, -0.25) is 9.69 Å². The first-order chi connectivity index (χ1) is 9.78. The molecule has 0 aromatic rings. The van der Waals surface area contributed by atoms with Gasteiger partial charge in [-0.1, -0.05) is 6.92 Å². The SMILES string of the molecule is CC1CCN(C(=O)C2CCCN2C(=O)OC(C)(C)C)CC1. The van der Waals surface area contributed by atoms with E-state index >= 15 is 0 Å². The summed E-state index contributed by atoms with van der Waals surface area (Å²) in [4.78, 5) is 28.4. The zero-order valence-corrected chi connectivity index (χ0v) is 13.7. The number of carbonyl (C=O) groups excluding carboxylic acids is 2. The molecule has 120 valence electrons. The Balaban J connectivity index is 1.98. The third kappa shape index (κ3) is 4.11. The van der Waals surface area contributed by atoms with E-state index in [4.69, 9.17) is 4.74 Å². The maximum Gasteiger partial charge on any atom is 0.410 e. The van der Waals surface area contributed by atoms with Gasteiger partial charge in [0.2, 0.25) is 5.91 Å². The summed E-state index contributed by atoms with van der Waals surface area (Å²) in [5, 5.41) is 0. The summed E-state index contributed by atoms with van der Waals surface area (Å²) >= 11 is 0. The molecule has 0 spiro atoms. The minimum atomic E-state index is -0.520. The molecule has 0 radical (unpaired) electrons. The van der Waals surface area contributed by atoms with Crippen molar-refractivity contribution < 1.29 is 14.3 Å². The quantitative estimate of drug-likeness (QED) is 0.747. The predicted molar refractivity (Wildman–Crippen MR) is 80.9 cm³/mol. The normalized spacial score (nSPS) is 24.3. The van der Waals surface area contributed by atoms with Crippen molar-refractivity contribution >= 4 is 12.0 Å². The lowest BCUT2D eigenvalue weighted by molar-refractivity contribution is -0.137. The van der Waals surface area contributed by atoms with Crippen molar-refractivity contribution in [1.29, 1.82) is 0 Å². The monoisotopic (exact) mass is 296 g/mol. The lowest BCUT2D eigenvalue weighted by Gasteiger charge is -2.35. The molecule has 1 unspecified atom stereocenters. The van der Waals surface area contributed by atoms with Crippen molar-refractivity contribution in [2.45, 2.75) is 65.0 Å². The van der Waals surface area contributed by atoms with Crippen LogP contribution in [0.1, 0.15) is 53.4 Å². The second-order valence-electron chi connectivity index (χ2n) is 7.34. The van der Waals surface area contributed by atoms with Gasteiger partial charge in [0.1, 0.15) is 11.6 Å². The van der Waals surface area contributed by atoms with E-state index in [1.54, 1.807) is 4.90 Å². The van der Waals surface area contributed by atoms with E-state index in [0.717, 1.165) is 38.8 Å². The maximum absolute atomic E-state index is 12.7. The molecule has 0 aromatic carbocycles. The Hall–Kier alpha value is -1.26. The number of nitrogens with zero attached hydrogens (tertiary/aromatic N) is 2. The Bertz CT molecular complexity index is 395. The lowest BCUT2D eigenvalue weighted by atomic mass is 9.98. The standard InChI is InChI=1S/C16H28N2O3/c1-12-7-10-17(11-8-12)14(19)13-6-5-9-18(13)15(20)21-16(2,3)4/h12-13H,5-11H2,1-4H3. The fourth-order valence-electron chi connectivity index (χ4n) is 3.00. The van der Waals surface area contributed by atoms with Crippen molar-refractivity contribution in [1.82, 2.24) is 9.80 Å². The van der Waals surface area contributed by atoms with E-state index in [2.05, 4.69) is 6.92 Å². The topological polar surface area (TPSA) is 49.9 Å². The van der Waals surface area contributed by atoms with Gasteiger partial charge in [0, 0.05) is 19.6 Å². The highest BCUT2D eigenvalue weighted by Crippen LogP contribution is 2.24. The molecule has 0 saturated carbocycles. The van der Waals surface area contributed by atoms with Gasteiger partial charge in [-0.05, 0) is 52.4 Å². The van der Waals surface area contributed by atoms with Crippen LogP contribution in [0.15, 0.2) is 0 Å². The largest absolute Gasteiger partial charge is 0.444 e. The van der Waals surface area contributed by atoms with Crippen LogP contribution in [0.2, 0.25) is 0 Å². The highest BCUT2D eigenvalue weighted by molar-refractivity contribution is 5.86. The maximum atomic E-state index is 12.7.